The van der Waals surface area contributed by atoms with Crippen molar-refractivity contribution in [2.45, 2.75) is 19.0 Å². The van der Waals surface area contributed by atoms with Gasteiger partial charge in [-0.3, -0.25) is 4.90 Å². The molecule has 2 aliphatic heterocycles. The minimum Gasteiger partial charge on any atom is -0.493 e. The van der Waals surface area contributed by atoms with Crippen LogP contribution in [-0.2, 0) is 13.0 Å². The van der Waals surface area contributed by atoms with Gasteiger partial charge in [-0.05, 0) is 29.7 Å². The van der Waals surface area contributed by atoms with Gasteiger partial charge in [0.25, 0.3) is 0 Å². The molecule has 2 aliphatic rings. The molecule has 1 fully saturated rings. The fourth-order valence-corrected chi connectivity index (χ4v) is 2.75. The van der Waals surface area contributed by atoms with Crippen LogP contribution in [0.3, 0.4) is 0 Å². The highest BCUT2D eigenvalue weighted by atomic mass is 16.5. The van der Waals surface area contributed by atoms with E-state index in [0.717, 1.165) is 44.1 Å². The summed E-state index contributed by atoms with van der Waals surface area (Å²) in [5.41, 5.74) is 2.78. The first-order valence-corrected chi connectivity index (χ1v) is 6.50. The van der Waals surface area contributed by atoms with Crippen LogP contribution in [0.25, 0.3) is 0 Å². The second kappa shape index (κ2) is 4.78. The Morgan fingerprint density at radius 2 is 1.78 bits per heavy atom. The quantitative estimate of drug-likeness (QED) is 0.866. The fraction of sp³-hybridized carbons (Fsp3) is 0.571. The Labute approximate surface area is 108 Å². The third kappa shape index (κ3) is 1.95. The van der Waals surface area contributed by atoms with Gasteiger partial charge in [-0.25, -0.2) is 0 Å². The first-order chi connectivity index (χ1) is 8.81. The molecular formula is C14H20N2O2. The normalized spacial score (nSPS) is 20.1. The van der Waals surface area contributed by atoms with E-state index in [1.807, 2.05) is 0 Å². The summed E-state index contributed by atoms with van der Waals surface area (Å²) < 4.78 is 10.7. The SMILES string of the molecule is COc1cc2c(cc1OC)CN(C1CNC1)CC2. The standard InChI is InChI=1S/C14H20N2O2/c1-17-13-5-10-3-4-16(12-7-15-8-12)9-11(10)6-14(13)18-2/h5-6,12,15H,3-4,7-9H2,1-2H3. The van der Waals surface area contributed by atoms with Crippen LogP contribution >= 0.6 is 0 Å². The summed E-state index contributed by atoms with van der Waals surface area (Å²) in [6.45, 7) is 4.43. The van der Waals surface area contributed by atoms with Gasteiger partial charge in [-0.2, -0.15) is 0 Å². The molecule has 0 spiro atoms. The van der Waals surface area contributed by atoms with E-state index < -0.39 is 0 Å². The molecule has 3 rings (SSSR count). The molecule has 0 radical (unpaired) electrons. The zero-order valence-electron chi connectivity index (χ0n) is 11.0. The Balaban J connectivity index is 1.85. The number of ether oxygens (including phenoxy) is 2. The number of fused-ring (bicyclic) bond motifs is 1. The minimum atomic E-state index is 0.714. The van der Waals surface area contributed by atoms with Crippen LogP contribution in [0.4, 0.5) is 0 Å². The van der Waals surface area contributed by atoms with Gasteiger partial charge in [0.1, 0.15) is 0 Å². The largest absolute Gasteiger partial charge is 0.493 e. The van der Waals surface area contributed by atoms with Crippen molar-refractivity contribution in [3.63, 3.8) is 0 Å². The summed E-state index contributed by atoms with van der Waals surface area (Å²) >= 11 is 0. The fourth-order valence-electron chi connectivity index (χ4n) is 2.75. The van der Waals surface area contributed by atoms with Gasteiger partial charge >= 0.3 is 0 Å². The van der Waals surface area contributed by atoms with Crippen molar-refractivity contribution >= 4 is 0 Å². The molecule has 4 heteroatoms. The average molecular weight is 248 g/mol. The highest BCUT2D eigenvalue weighted by Gasteiger charge is 2.28. The number of methoxy groups -OCH3 is 2. The van der Waals surface area contributed by atoms with E-state index in [1.165, 1.54) is 11.1 Å². The lowest BCUT2D eigenvalue weighted by Crippen LogP contribution is -2.57. The predicted octanol–water partition coefficient (Wildman–Crippen LogP) is 1.03. The van der Waals surface area contributed by atoms with Gasteiger partial charge in [0, 0.05) is 32.2 Å². The monoisotopic (exact) mass is 248 g/mol. The smallest absolute Gasteiger partial charge is 0.161 e. The lowest BCUT2D eigenvalue weighted by molar-refractivity contribution is 0.131. The molecule has 0 saturated carbocycles. The summed E-state index contributed by atoms with van der Waals surface area (Å²) in [4.78, 5) is 2.56. The highest BCUT2D eigenvalue weighted by molar-refractivity contribution is 5.48. The van der Waals surface area contributed by atoms with Crippen molar-refractivity contribution in [1.29, 1.82) is 0 Å². The zero-order chi connectivity index (χ0) is 12.5. The van der Waals surface area contributed by atoms with E-state index in [2.05, 4.69) is 22.3 Å². The summed E-state index contributed by atoms with van der Waals surface area (Å²) in [6.07, 6.45) is 1.10. The molecule has 0 aromatic heterocycles. The Bertz CT molecular complexity index is 444. The third-order valence-electron chi connectivity index (χ3n) is 4.02. The van der Waals surface area contributed by atoms with Crippen LogP contribution in [0, 0.1) is 0 Å². The van der Waals surface area contributed by atoms with Crippen LogP contribution in [0.15, 0.2) is 12.1 Å². The molecule has 98 valence electrons. The average Bonchev–Trinajstić information content (AvgIpc) is 2.35. The Morgan fingerprint density at radius 1 is 1.11 bits per heavy atom. The maximum absolute atomic E-state index is 5.38. The molecule has 1 N–H and O–H groups in total. The molecular weight excluding hydrogens is 228 g/mol. The highest BCUT2D eigenvalue weighted by Crippen LogP contribution is 2.33. The van der Waals surface area contributed by atoms with Crippen molar-refractivity contribution in [2.24, 2.45) is 0 Å². The Hall–Kier alpha value is -1.26. The third-order valence-corrected chi connectivity index (χ3v) is 4.02. The van der Waals surface area contributed by atoms with E-state index in [-0.39, 0.29) is 0 Å². The first kappa shape index (κ1) is 11.8. The number of nitrogens with one attached hydrogen (secondary N) is 1. The molecule has 4 nitrogen and oxygen atoms in total. The molecule has 2 heterocycles. The molecule has 0 amide bonds. The molecule has 0 atom stereocenters. The van der Waals surface area contributed by atoms with Gasteiger partial charge in [0.2, 0.25) is 0 Å². The van der Waals surface area contributed by atoms with Crippen molar-refractivity contribution in [3.05, 3.63) is 23.3 Å². The van der Waals surface area contributed by atoms with Crippen molar-refractivity contribution in [2.75, 3.05) is 33.9 Å². The molecule has 0 unspecified atom stereocenters. The van der Waals surface area contributed by atoms with E-state index in [9.17, 15) is 0 Å². The summed E-state index contributed by atoms with van der Waals surface area (Å²) in [5.74, 6) is 1.68. The van der Waals surface area contributed by atoms with Crippen molar-refractivity contribution in [3.8, 4) is 11.5 Å². The molecule has 0 bridgehead atoms. The Kier molecular flexibility index (Phi) is 3.14. The summed E-state index contributed by atoms with van der Waals surface area (Å²) in [7, 11) is 3.39. The van der Waals surface area contributed by atoms with Crippen molar-refractivity contribution < 1.29 is 9.47 Å². The van der Waals surface area contributed by atoms with Gasteiger partial charge in [0.15, 0.2) is 11.5 Å². The second-order valence-corrected chi connectivity index (χ2v) is 5.01. The first-order valence-electron chi connectivity index (χ1n) is 6.50. The molecule has 1 saturated heterocycles. The van der Waals surface area contributed by atoms with Crippen LogP contribution in [-0.4, -0.2) is 44.8 Å². The van der Waals surface area contributed by atoms with Crippen LogP contribution in [0.2, 0.25) is 0 Å². The van der Waals surface area contributed by atoms with Gasteiger partial charge in [0.05, 0.1) is 14.2 Å². The van der Waals surface area contributed by atoms with Gasteiger partial charge < -0.3 is 14.8 Å². The number of nitrogens with zero attached hydrogens (tertiary/aromatic N) is 1. The lowest BCUT2D eigenvalue weighted by Gasteiger charge is -2.41. The maximum atomic E-state index is 5.38. The van der Waals surface area contributed by atoms with Crippen LogP contribution in [0.1, 0.15) is 11.1 Å². The predicted molar refractivity (Wildman–Crippen MR) is 70.3 cm³/mol. The second-order valence-electron chi connectivity index (χ2n) is 5.01. The van der Waals surface area contributed by atoms with Gasteiger partial charge in [-0.15, -0.1) is 0 Å². The van der Waals surface area contributed by atoms with E-state index in [0.29, 0.717) is 6.04 Å². The topological polar surface area (TPSA) is 33.7 Å². The zero-order valence-corrected chi connectivity index (χ0v) is 11.0. The number of rotatable bonds is 3. The molecule has 18 heavy (non-hydrogen) atoms. The molecule has 1 aromatic rings. The maximum Gasteiger partial charge on any atom is 0.161 e. The van der Waals surface area contributed by atoms with E-state index in [1.54, 1.807) is 14.2 Å². The number of hydrogen-bond acceptors (Lipinski definition) is 4. The molecule has 1 aromatic carbocycles. The summed E-state index contributed by atoms with van der Waals surface area (Å²) in [5, 5.41) is 3.34. The lowest BCUT2D eigenvalue weighted by atomic mass is 9.96. The van der Waals surface area contributed by atoms with E-state index >= 15 is 0 Å². The van der Waals surface area contributed by atoms with E-state index in [4.69, 9.17) is 9.47 Å². The number of hydrogen-bond donors (Lipinski definition) is 1. The summed E-state index contributed by atoms with van der Waals surface area (Å²) in [6, 6.07) is 4.97. The number of benzene rings is 1. The van der Waals surface area contributed by atoms with Crippen LogP contribution < -0.4 is 14.8 Å². The minimum absolute atomic E-state index is 0.714. The molecule has 0 aliphatic carbocycles. The van der Waals surface area contributed by atoms with Crippen molar-refractivity contribution in [1.82, 2.24) is 10.2 Å². The van der Waals surface area contributed by atoms with Crippen LogP contribution in [0.5, 0.6) is 11.5 Å². The van der Waals surface area contributed by atoms with Gasteiger partial charge in [-0.1, -0.05) is 0 Å². The Morgan fingerprint density at radius 3 is 2.33 bits per heavy atom.